The molecule has 0 atom stereocenters. The number of hydrogen-bond acceptors (Lipinski definition) is 10. The van der Waals surface area contributed by atoms with Crippen LogP contribution in [0.15, 0.2) is 48.5 Å². The van der Waals surface area contributed by atoms with E-state index in [1.165, 1.54) is 22.3 Å². The maximum Gasteiger partial charge on any atom is 0.407 e. The van der Waals surface area contributed by atoms with E-state index in [-0.39, 0.29) is 12.5 Å². The van der Waals surface area contributed by atoms with Crippen molar-refractivity contribution in [2.45, 2.75) is 32.3 Å². The molecule has 2 aromatic rings. The maximum atomic E-state index is 12.2. The number of nitrogens with one attached hydrogen (secondary N) is 2. The quantitative estimate of drug-likeness (QED) is 0.170. The molecular weight excluding hydrogens is 596 g/mol. The second kappa shape index (κ2) is 21.5. The van der Waals surface area contributed by atoms with Gasteiger partial charge in [0.2, 0.25) is 0 Å². The van der Waals surface area contributed by atoms with Crippen LogP contribution in [0, 0.1) is 0 Å². The zero-order chi connectivity index (χ0) is 32.9. The second-order valence-electron chi connectivity index (χ2n) is 11.4. The lowest BCUT2D eigenvalue weighted by Crippen LogP contribution is -2.34. The predicted octanol–water partition coefficient (Wildman–Crippen LogP) is 4.15. The van der Waals surface area contributed by atoms with Crippen molar-refractivity contribution in [3.8, 4) is 11.1 Å². The first-order valence-electron chi connectivity index (χ1n) is 15.9. The molecule has 0 radical (unpaired) electrons. The number of benzene rings is 2. The standard InChI is InChI=1S/C34H50N2O10/c1-34(2,3)46-33(38)36-13-15-40-17-19-42-21-23-44-25-24-43-22-20-41-18-16-39-14-12-35-32(37)45-26-31-29-10-6-4-8-27(29)28-9-5-7-11-30(28)31/h4-11,31H,12-26H2,1-3H3,(H,35,37)(H,36,38). The number of alkyl carbamates (subject to hydrolysis) is 2. The minimum atomic E-state index is -0.516. The fourth-order valence-corrected chi connectivity index (χ4v) is 4.62. The van der Waals surface area contributed by atoms with E-state index in [1.54, 1.807) is 0 Å². The molecule has 12 nitrogen and oxygen atoms in total. The van der Waals surface area contributed by atoms with Crippen molar-refractivity contribution in [1.29, 1.82) is 0 Å². The zero-order valence-electron chi connectivity index (χ0n) is 27.4. The summed E-state index contributed by atoms with van der Waals surface area (Å²) in [6.45, 7) is 11.7. The van der Waals surface area contributed by atoms with Gasteiger partial charge in [-0.2, -0.15) is 0 Å². The average molecular weight is 647 g/mol. The average Bonchev–Trinajstić information content (AvgIpc) is 3.35. The lowest BCUT2D eigenvalue weighted by atomic mass is 9.98. The van der Waals surface area contributed by atoms with Crippen molar-refractivity contribution in [2.24, 2.45) is 0 Å². The third-order valence-electron chi connectivity index (χ3n) is 6.63. The molecule has 0 heterocycles. The van der Waals surface area contributed by atoms with Gasteiger partial charge in [-0.3, -0.25) is 0 Å². The minimum Gasteiger partial charge on any atom is -0.449 e. The Labute approximate surface area is 272 Å². The fraction of sp³-hybridized carbons (Fsp3) is 0.588. The van der Waals surface area contributed by atoms with Gasteiger partial charge >= 0.3 is 12.2 Å². The summed E-state index contributed by atoms with van der Waals surface area (Å²) in [5.41, 5.74) is 4.25. The van der Waals surface area contributed by atoms with Crippen molar-refractivity contribution >= 4 is 12.2 Å². The highest BCUT2D eigenvalue weighted by Gasteiger charge is 2.28. The molecule has 0 spiro atoms. The third kappa shape index (κ3) is 14.9. The molecule has 3 rings (SSSR count). The Balaban J connectivity index is 1.02. The number of rotatable bonds is 23. The van der Waals surface area contributed by atoms with Crippen LogP contribution < -0.4 is 10.6 Å². The zero-order valence-corrected chi connectivity index (χ0v) is 27.4. The van der Waals surface area contributed by atoms with Gasteiger partial charge < -0.3 is 48.5 Å². The normalized spacial score (nSPS) is 12.4. The summed E-state index contributed by atoms with van der Waals surface area (Å²) in [5, 5.41) is 5.36. The molecule has 2 N–H and O–H groups in total. The van der Waals surface area contributed by atoms with Crippen LogP contribution in [0.4, 0.5) is 9.59 Å². The number of ether oxygens (including phenoxy) is 8. The molecule has 0 bridgehead atoms. The summed E-state index contributed by atoms with van der Waals surface area (Å²) in [4.78, 5) is 23.7. The Morgan fingerprint density at radius 2 is 0.935 bits per heavy atom. The van der Waals surface area contributed by atoms with Crippen LogP contribution in [0.5, 0.6) is 0 Å². The van der Waals surface area contributed by atoms with Gasteiger partial charge in [0.05, 0.1) is 79.3 Å². The van der Waals surface area contributed by atoms with Crippen LogP contribution in [0.1, 0.15) is 37.8 Å². The number of amides is 2. The second-order valence-corrected chi connectivity index (χ2v) is 11.4. The molecule has 46 heavy (non-hydrogen) atoms. The molecule has 12 heteroatoms. The van der Waals surface area contributed by atoms with Crippen molar-refractivity contribution < 1.29 is 47.5 Å². The summed E-state index contributed by atoms with van der Waals surface area (Å²) in [7, 11) is 0. The van der Waals surface area contributed by atoms with Crippen LogP contribution in [-0.2, 0) is 37.9 Å². The number of carbonyl (C=O) groups is 2. The monoisotopic (exact) mass is 646 g/mol. The van der Waals surface area contributed by atoms with Crippen LogP contribution in [0.3, 0.4) is 0 Å². The first-order valence-corrected chi connectivity index (χ1v) is 15.9. The van der Waals surface area contributed by atoms with Gasteiger partial charge in [0.1, 0.15) is 12.2 Å². The summed E-state index contributed by atoms with van der Waals surface area (Å²) in [5.74, 6) is 0.0362. The molecule has 1 aliphatic carbocycles. The van der Waals surface area contributed by atoms with Gasteiger partial charge in [-0.25, -0.2) is 9.59 Å². The van der Waals surface area contributed by atoms with E-state index in [1.807, 2.05) is 45.0 Å². The number of fused-ring (bicyclic) bond motifs is 3. The molecule has 0 saturated carbocycles. The summed E-state index contributed by atoms with van der Waals surface area (Å²) >= 11 is 0. The van der Waals surface area contributed by atoms with E-state index in [2.05, 4.69) is 34.9 Å². The molecule has 1 aliphatic rings. The van der Waals surface area contributed by atoms with Crippen molar-refractivity contribution in [1.82, 2.24) is 10.6 Å². The van der Waals surface area contributed by atoms with Gasteiger partial charge in [-0.1, -0.05) is 48.5 Å². The topological polar surface area (TPSA) is 132 Å². The highest BCUT2D eigenvalue weighted by molar-refractivity contribution is 5.79. The van der Waals surface area contributed by atoms with Crippen molar-refractivity contribution in [2.75, 3.05) is 99.0 Å². The summed E-state index contributed by atoms with van der Waals surface area (Å²) in [6, 6.07) is 16.5. The van der Waals surface area contributed by atoms with Crippen molar-refractivity contribution in [3.63, 3.8) is 0 Å². The van der Waals surface area contributed by atoms with Crippen LogP contribution >= 0.6 is 0 Å². The molecule has 0 fully saturated rings. The van der Waals surface area contributed by atoms with Gasteiger partial charge in [0.15, 0.2) is 0 Å². The van der Waals surface area contributed by atoms with Gasteiger partial charge in [-0.05, 0) is 43.0 Å². The fourth-order valence-electron chi connectivity index (χ4n) is 4.62. The first kappa shape index (κ1) is 37.2. The summed E-state index contributed by atoms with van der Waals surface area (Å²) < 4.78 is 43.4. The largest absolute Gasteiger partial charge is 0.449 e. The van der Waals surface area contributed by atoms with E-state index in [4.69, 9.17) is 37.9 Å². The van der Waals surface area contributed by atoms with E-state index in [9.17, 15) is 9.59 Å². The van der Waals surface area contributed by atoms with Gasteiger partial charge in [-0.15, -0.1) is 0 Å². The Hall–Kier alpha value is -3.26. The van der Waals surface area contributed by atoms with E-state index < -0.39 is 17.8 Å². The Kier molecular flexibility index (Phi) is 17.4. The third-order valence-corrected chi connectivity index (χ3v) is 6.63. The molecule has 256 valence electrons. The highest BCUT2D eigenvalue weighted by atomic mass is 16.6. The lowest BCUT2D eigenvalue weighted by molar-refractivity contribution is -0.0165. The van der Waals surface area contributed by atoms with Crippen LogP contribution in [0.25, 0.3) is 11.1 Å². The molecule has 0 unspecified atom stereocenters. The summed E-state index contributed by atoms with van der Waals surface area (Å²) in [6.07, 6.45) is -0.912. The Morgan fingerprint density at radius 3 is 1.35 bits per heavy atom. The molecule has 0 aromatic heterocycles. The molecule has 0 aliphatic heterocycles. The van der Waals surface area contributed by atoms with Crippen molar-refractivity contribution in [3.05, 3.63) is 59.7 Å². The SMILES string of the molecule is CC(C)(C)OC(=O)NCCOCCOCCOCCOCCOCCOCCNC(=O)OCC1c2ccccc2-c2ccccc21. The minimum absolute atomic E-state index is 0.0362. The Bertz CT molecular complexity index is 1110. The smallest absolute Gasteiger partial charge is 0.407 e. The highest BCUT2D eigenvalue weighted by Crippen LogP contribution is 2.44. The van der Waals surface area contributed by atoms with Gasteiger partial charge in [0, 0.05) is 19.0 Å². The molecular formula is C34H50N2O10. The first-order chi connectivity index (χ1) is 22.3. The van der Waals surface area contributed by atoms with E-state index >= 15 is 0 Å². The van der Waals surface area contributed by atoms with Crippen LogP contribution in [-0.4, -0.2) is 117 Å². The maximum absolute atomic E-state index is 12.2. The predicted molar refractivity (Wildman–Crippen MR) is 172 cm³/mol. The molecule has 2 amide bonds. The lowest BCUT2D eigenvalue weighted by Gasteiger charge is -2.19. The molecule has 0 saturated heterocycles. The Morgan fingerprint density at radius 1 is 0.565 bits per heavy atom. The van der Waals surface area contributed by atoms with Gasteiger partial charge in [0.25, 0.3) is 0 Å². The molecule has 2 aromatic carbocycles. The number of hydrogen-bond donors (Lipinski definition) is 2. The van der Waals surface area contributed by atoms with E-state index in [0.717, 1.165) is 0 Å². The number of carbonyl (C=O) groups excluding carboxylic acids is 2. The van der Waals surface area contributed by atoms with E-state index in [0.29, 0.717) is 92.4 Å². The van der Waals surface area contributed by atoms with Crippen LogP contribution in [0.2, 0.25) is 0 Å².